The Morgan fingerprint density at radius 3 is 2.83 bits per heavy atom. The van der Waals surface area contributed by atoms with E-state index < -0.39 is 10.1 Å². The van der Waals surface area contributed by atoms with Gasteiger partial charge >= 0.3 is 0 Å². The second-order valence-electron chi connectivity index (χ2n) is 4.70. The largest absolute Gasteiger partial charge is 0.496 e. The second-order valence-corrected chi connectivity index (χ2v) is 6.34. The molecule has 0 aromatic heterocycles. The molecule has 1 atom stereocenters. The zero-order valence-corrected chi connectivity index (χ0v) is 11.5. The van der Waals surface area contributed by atoms with E-state index in [2.05, 4.69) is 6.07 Å². The Bertz CT molecular complexity index is 522. The molecule has 0 N–H and O–H groups in total. The first-order valence-corrected chi connectivity index (χ1v) is 7.80. The third kappa shape index (κ3) is 3.23. The SMILES string of the molecule is COc1cccc2c1CC[C@H](COS(C)(=O)=O)C2. The van der Waals surface area contributed by atoms with E-state index in [4.69, 9.17) is 8.92 Å². The minimum atomic E-state index is -3.34. The molecule has 0 saturated carbocycles. The van der Waals surface area contributed by atoms with Crippen molar-refractivity contribution in [3.63, 3.8) is 0 Å². The van der Waals surface area contributed by atoms with Crippen molar-refractivity contribution in [3.05, 3.63) is 29.3 Å². The first-order chi connectivity index (χ1) is 8.49. The number of hydrogen-bond acceptors (Lipinski definition) is 4. The Hall–Kier alpha value is -1.07. The van der Waals surface area contributed by atoms with Gasteiger partial charge < -0.3 is 4.74 Å². The van der Waals surface area contributed by atoms with Crippen LogP contribution >= 0.6 is 0 Å². The molecular weight excluding hydrogens is 252 g/mol. The Kier molecular flexibility index (Phi) is 3.92. The van der Waals surface area contributed by atoms with Crippen LogP contribution in [0.2, 0.25) is 0 Å². The molecule has 100 valence electrons. The van der Waals surface area contributed by atoms with Crippen LogP contribution in [0.15, 0.2) is 18.2 Å². The maximum absolute atomic E-state index is 11.0. The minimum Gasteiger partial charge on any atom is -0.496 e. The molecule has 0 saturated heterocycles. The molecule has 0 radical (unpaired) electrons. The van der Waals surface area contributed by atoms with Crippen LogP contribution in [-0.2, 0) is 27.1 Å². The molecular formula is C13H18O4S. The lowest BCUT2D eigenvalue weighted by molar-refractivity contribution is 0.240. The minimum absolute atomic E-state index is 0.263. The fraction of sp³-hybridized carbons (Fsp3) is 0.538. The van der Waals surface area contributed by atoms with Gasteiger partial charge in [0.25, 0.3) is 10.1 Å². The van der Waals surface area contributed by atoms with Crippen molar-refractivity contribution in [2.24, 2.45) is 5.92 Å². The number of ether oxygens (including phenoxy) is 1. The van der Waals surface area contributed by atoms with Gasteiger partial charge in [-0.1, -0.05) is 12.1 Å². The molecule has 2 rings (SSSR count). The van der Waals surface area contributed by atoms with Gasteiger partial charge in [0.15, 0.2) is 0 Å². The summed E-state index contributed by atoms with van der Waals surface area (Å²) >= 11 is 0. The number of hydrogen-bond donors (Lipinski definition) is 0. The standard InChI is InChI=1S/C13H18O4S/c1-16-13-5-3-4-11-8-10(6-7-12(11)13)9-17-18(2,14)15/h3-5,10H,6-9H2,1-2H3/t10-/m0/s1. The van der Waals surface area contributed by atoms with Crippen LogP contribution < -0.4 is 4.74 Å². The van der Waals surface area contributed by atoms with E-state index in [0.717, 1.165) is 31.3 Å². The quantitative estimate of drug-likeness (QED) is 0.783. The maximum atomic E-state index is 11.0. The van der Waals surface area contributed by atoms with Crippen LogP contribution in [0.3, 0.4) is 0 Å². The average Bonchev–Trinajstić information content (AvgIpc) is 2.34. The van der Waals surface area contributed by atoms with Gasteiger partial charge in [-0.05, 0) is 42.4 Å². The molecule has 0 aliphatic heterocycles. The Morgan fingerprint density at radius 1 is 1.39 bits per heavy atom. The van der Waals surface area contributed by atoms with Crippen molar-refractivity contribution in [1.29, 1.82) is 0 Å². The maximum Gasteiger partial charge on any atom is 0.264 e. The molecule has 0 bridgehead atoms. The molecule has 1 aromatic rings. The van der Waals surface area contributed by atoms with Crippen molar-refractivity contribution in [2.45, 2.75) is 19.3 Å². The molecule has 0 amide bonds. The van der Waals surface area contributed by atoms with Gasteiger partial charge in [0.1, 0.15) is 5.75 Å². The fourth-order valence-corrected chi connectivity index (χ4v) is 2.84. The van der Waals surface area contributed by atoms with Crippen LogP contribution in [0.25, 0.3) is 0 Å². The molecule has 0 spiro atoms. The van der Waals surface area contributed by atoms with E-state index >= 15 is 0 Å². The summed E-state index contributed by atoms with van der Waals surface area (Å²) in [5.41, 5.74) is 2.48. The highest BCUT2D eigenvalue weighted by molar-refractivity contribution is 7.85. The molecule has 1 aromatic carbocycles. The Balaban J connectivity index is 2.06. The summed E-state index contributed by atoms with van der Waals surface area (Å²) in [7, 11) is -1.66. The lowest BCUT2D eigenvalue weighted by atomic mass is 9.84. The molecule has 0 fully saturated rings. The van der Waals surface area contributed by atoms with Crippen LogP contribution in [-0.4, -0.2) is 28.4 Å². The average molecular weight is 270 g/mol. The van der Waals surface area contributed by atoms with Crippen LogP contribution in [0.1, 0.15) is 17.5 Å². The van der Waals surface area contributed by atoms with E-state index in [1.807, 2.05) is 12.1 Å². The van der Waals surface area contributed by atoms with Crippen molar-refractivity contribution in [3.8, 4) is 5.75 Å². The smallest absolute Gasteiger partial charge is 0.264 e. The van der Waals surface area contributed by atoms with Crippen molar-refractivity contribution < 1.29 is 17.3 Å². The van der Waals surface area contributed by atoms with Gasteiger partial charge in [-0.15, -0.1) is 0 Å². The molecule has 1 aliphatic rings. The summed E-state index contributed by atoms with van der Waals surface area (Å²) in [5.74, 6) is 1.19. The molecule has 1 aliphatic carbocycles. The third-order valence-electron chi connectivity index (χ3n) is 3.28. The molecule has 5 heteroatoms. The summed E-state index contributed by atoms with van der Waals surface area (Å²) in [6.07, 6.45) is 3.79. The van der Waals surface area contributed by atoms with E-state index in [1.165, 1.54) is 11.1 Å². The highest BCUT2D eigenvalue weighted by Crippen LogP contribution is 2.32. The normalized spacial score (nSPS) is 19.3. The molecule has 0 unspecified atom stereocenters. The zero-order chi connectivity index (χ0) is 13.2. The third-order valence-corrected chi connectivity index (χ3v) is 3.84. The summed E-state index contributed by atoms with van der Waals surface area (Å²) in [4.78, 5) is 0. The lowest BCUT2D eigenvalue weighted by Gasteiger charge is -2.25. The first kappa shape index (κ1) is 13.4. The lowest BCUT2D eigenvalue weighted by Crippen LogP contribution is -2.21. The second kappa shape index (κ2) is 5.28. The number of benzene rings is 1. The van der Waals surface area contributed by atoms with E-state index in [9.17, 15) is 8.42 Å². The Labute approximate surface area is 108 Å². The van der Waals surface area contributed by atoms with E-state index in [-0.39, 0.29) is 12.5 Å². The highest BCUT2D eigenvalue weighted by atomic mass is 32.2. The topological polar surface area (TPSA) is 52.6 Å². The first-order valence-electron chi connectivity index (χ1n) is 5.99. The van der Waals surface area contributed by atoms with Crippen molar-refractivity contribution in [2.75, 3.05) is 20.0 Å². The summed E-state index contributed by atoms with van der Waals surface area (Å²) in [6, 6.07) is 6.01. The monoisotopic (exact) mass is 270 g/mol. The van der Waals surface area contributed by atoms with Gasteiger partial charge in [-0.2, -0.15) is 8.42 Å². The highest BCUT2D eigenvalue weighted by Gasteiger charge is 2.22. The predicted molar refractivity (Wildman–Crippen MR) is 69.3 cm³/mol. The van der Waals surface area contributed by atoms with E-state index in [0.29, 0.717) is 0 Å². The molecule has 18 heavy (non-hydrogen) atoms. The van der Waals surface area contributed by atoms with Gasteiger partial charge in [0, 0.05) is 0 Å². The summed E-state index contributed by atoms with van der Waals surface area (Å²) in [6.45, 7) is 0.273. The predicted octanol–water partition coefficient (Wildman–Crippen LogP) is 1.78. The fourth-order valence-electron chi connectivity index (χ4n) is 2.40. The molecule has 0 heterocycles. The van der Waals surface area contributed by atoms with Gasteiger partial charge in [-0.25, -0.2) is 0 Å². The molecule has 4 nitrogen and oxygen atoms in total. The Morgan fingerprint density at radius 2 is 2.17 bits per heavy atom. The van der Waals surface area contributed by atoms with Gasteiger partial charge in [0.2, 0.25) is 0 Å². The van der Waals surface area contributed by atoms with Crippen LogP contribution in [0.5, 0.6) is 5.75 Å². The van der Waals surface area contributed by atoms with Crippen molar-refractivity contribution >= 4 is 10.1 Å². The summed E-state index contributed by atoms with van der Waals surface area (Å²) in [5, 5.41) is 0. The van der Waals surface area contributed by atoms with Crippen LogP contribution in [0.4, 0.5) is 0 Å². The zero-order valence-electron chi connectivity index (χ0n) is 10.7. The van der Waals surface area contributed by atoms with Gasteiger partial charge in [0.05, 0.1) is 20.0 Å². The number of fused-ring (bicyclic) bond motifs is 1. The number of rotatable bonds is 4. The van der Waals surface area contributed by atoms with Crippen molar-refractivity contribution in [1.82, 2.24) is 0 Å². The number of methoxy groups -OCH3 is 1. The van der Waals surface area contributed by atoms with Crippen LogP contribution in [0, 0.1) is 5.92 Å². The van der Waals surface area contributed by atoms with Gasteiger partial charge in [-0.3, -0.25) is 4.18 Å². The summed E-state index contributed by atoms with van der Waals surface area (Å²) < 4.78 is 32.2. The van der Waals surface area contributed by atoms with E-state index in [1.54, 1.807) is 7.11 Å².